The first-order chi connectivity index (χ1) is 16.0. The Morgan fingerprint density at radius 1 is 1.06 bits per heavy atom. The summed E-state index contributed by atoms with van der Waals surface area (Å²) in [6, 6.07) is 18.8. The number of aromatic nitrogens is 2. The number of rotatable bonds is 5. The van der Waals surface area contributed by atoms with Gasteiger partial charge in [-0.25, -0.2) is 0 Å². The number of carbonyl (C=O) groups is 1. The van der Waals surface area contributed by atoms with Gasteiger partial charge in [-0.05, 0) is 41.5 Å². The highest BCUT2D eigenvalue weighted by Gasteiger charge is 2.42. The topological polar surface area (TPSA) is 98.7 Å². The molecule has 1 aromatic heterocycles. The molecule has 2 heterocycles. The molecule has 7 nitrogen and oxygen atoms in total. The van der Waals surface area contributed by atoms with Crippen LogP contribution in [0.1, 0.15) is 33.2 Å². The molecule has 0 saturated carbocycles. The molecule has 3 aromatic carbocycles. The van der Waals surface area contributed by atoms with Crippen molar-refractivity contribution in [2.75, 3.05) is 7.11 Å². The number of nitrogens with zero attached hydrogens (tertiary/aromatic N) is 2. The quantitative estimate of drug-likeness (QED) is 0.393. The van der Waals surface area contributed by atoms with Gasteiger partial charge in [0.15, 0.2) is 11.5 Å². The van der Waals surface area contributed by atoms with E-state index < -0.39 is 6.04 Å². The first-order valence-corrected chi connectivity index (χ1v) is 10.6. The highest BCUT2D eigenvalue weighted by molar-refractivity contribution is 6.31. The Morgan fingerprint density at radius 2 is 1.82 bits per heavy atom. The zero-order valence-corrected chi connectivity index (χ0v) is 18.4. The minimum Gasteiger partial charge on any atom is -0.507 e. The Hall–Kier alpha value is -3.97. The molecule has 1 unspecified atom stereocenters. The molecule has 1 aliphatic rings. The molecule has 3 N–H and O–H groups in total. The number of phenolic OH excluding ortho intramolecular Hbond substituents is 2. The van der Waals surface area contributed by atoms with E-state index in [1.54, 1.807) is 29.2 Å². The number of aromatic amines is 1. The standard InChI is InChI=1S/C25H20ClN3O4/c1-33-20-11-15(7-9-19(20)31)24-21-22(17-12-16(26)8-10-18(17)30)27-28-23(21)25(32)29(24)13-14-5-3-2-4-6-14/h2-12,24,30-31H,13H2,1H3,(H,27,28). The molecule has 1 atom stereocenters. The van der Waals surface area contributed by atoms with Gasteiger partial charge in [0.05, 0.1) is 13.2 Å². The molecule has 4 aromatic rings. The number of ether oxygens (including phenoxy) is 1. The molecule has 1 amide bonds. The highest BCUT2D eigenvalue weighted by Crippen LogP contribution is 2.46. The van der Waals surface area contributed by atoms with E-state index in [1.165, 1.54) is 19.2 Å². The summed E-state index contributed by atoms with van der Waals surface area (Å²) in [6.07, 6.45) is 0. The SMILES string of the molecule is COc1cc(C2c3c(-c4cc(Cl)ccc4O)n[nH]c3C(=O)N2Cc2ccccc2)ccc1O. The van der Waals surface area contributed by atoms with E-state index in [4.69, 9.17) is 16.3 Å². The van der Waals surface area contributed by atoms with Gasteiger partial charge in [0.25, 0.3) is 5.91 Å². The smallest absolute Gasteiger partial charge is 0.273 e. The third kappa shape index (κ3) is 3.56. The van der Waals surface area contributed by atoms with E-state index in [1.807, 2.05) is 30.3 Å². The number of phenols is 2. The van der Waals surface area contributed by atoms with Gasteiger partial charge in [-0.2, -0.15) is 5.10 Å². The Kier molecular flexibility index (Phi) is 5.18. The third-order valence-electron chi connectivity index (χ3n) is 5.79. The number of amides is 1. The second-order valence-corrected chi connectivity index (χ2v) is 8.21. The Bertz CT molecular complexity index is 1350. The Labute approximate surface area is 194 Å². The van der Waals surface area contributed by atoms with Crippen molar-refractivity contribution in [1.29, 1.82) is 0 Å². The van der Waals surface area contributed by atoms with Crippen LogP contribution in [0.5, 0.6) is 17.2 Å². The van der Waals surface area contributed by atoms with Crippen LogP contribution < -0.4 is 4.74 Å². The van der Waals surface area contributed by atoms with Crippen LogP contribution in [0.2, 0.25) is 5.02 Å². The van der Waals surface area contributed by atoms with Gasteiger partial charge < -0.3 is 19.8 Å². The van der Waals surface area contributed by atoms with Gasteiger partial charge in [0, 0.05) is 22.7 Å². The number of hydrogen-bond donors (Lipinski definition) is 3. The van der Waals surface area contributed by atoms with Crippen molar-refractivity contribution in [3.8, 4) is 28.5 Å². The van der Waals surface area contributed by atoms with Crippen molar-refractivity contribution in [3.05, 3.63) is 94.1 Å². The maximum atomic E-state index is 13.5. The normalized spacial score (nSPS) is 15.0. The van der Waals surface area contributed by atoms with Crippen LogP contribution in [-0.4, -0.2) is 38.3 Å². The number of methoxy groups -OCH3 is 1. The van der Waals surface area contributed by atoms with Crippen LogP contribution in [0.4, 0.5) is 0 Å². The van der Waals surface area contributed by atoms with Crippen LogP contribution >= 0.6 is 11.6 Å². The van der Waals surface area contributed by atoms with Gasteiger partial charge in [0.1, 0.15) is 17.1 Å². The number of fused-ring (bicyclic) bond motifs is 1. The lowest BCUT2D eigenvalue weighted by Crippen LogP contribution is -2.29. The molecule has 33 heavy (non-hydrogen) atoms. The zero-order valence-electron chi connectivity index (χ0n) is 17.6. The molecular weight excluding hydrogens is 442 g/mol. The van der Waals surface area contributed by atoms with E-state index in [9.17, 15) is 15.0 Å². The summed E-state index contributed by atoms with van der Waals surface area (Å²) >= 11 is 6.19. The summed E-state index contributed by atoms with van der Waals surface area (Å²) in [5.74, 6) is 0.0832. The summed E-state index contributed by atoms with van der Waals surface area (Å²) in [5, 5.41) is 28.3. The summed E-state index contributed by atoms with van der Waals surface area (Å²) in [5.41, 5.74) is 3.53. The molecule has 0 fully saturated rings. The number of benzene rings is 3. The van der Waals surface area contributed by atoms with E-state index in [2.05, 4.69) is 10.2 Å². The predicted molar refractivity (Wildman–Crippen MR) is 124 cm³/mol. The molecule has 0 bridgehead atoms. The lowest BCUT2D eigenvalue weighted by Gasteiger charge is -2.27. The second-order valence-electron chi connectivity index (χ2n) is 7.77. The molecule has 1 aliphatic heterocycles. The maximum absolute atomic E-state index is 13.5. The van der Waals surface area contributed by atoms with Gasteiger partial charge in [-0.1, -0.05) is 48.0 Å². The van der Waals surface area contributed by atoms with Gasteiger partial charge in [-0.3, -0.25) is 9.89 Å². The predicted octanol–water partition coefficient (Wildman–Crippen LogP) is 4.90. The van der Waals surface area contributed by atoms with E-state index in [-0.39, 0.29) is 17.4 Å². The fourth-order valence-electron chi connectivity index (χ4n) is 4.25. The van der Waals surface area contributed by atoms with Crippen molar-refractivity contribution < 1.29 is 19.7 Å². The zero-order chi connectivity index (χ0) is 23.1. The van der Waals surface area contributed by atoms with Crippen LogP contribution in [0.15, 0.2) is 66.7 Å². The van der Waals surface area contributed by atoms with Crippen molar-refractivity contribution in [3.63, 3.8) is 0 Å². The fourth-order valence-corrected chi connectivity index (χ4v) is 4.43. The van der Waals surface area contributed by atoms with Crippen molar-refractivity contribution in [2.45, 2.75) is 12.6 Å². The maximum Gasteiger partial charge on any atom is 0.273 e. The molecule has 8 heteroatoms. The summed E-state index contributed by atoms with van der Waals surface area (Å²) in [7, 11) is 1.47. The van der Waals surface area contributed by atoms with E-state index in [0.29, 0.717) is 39.8 Å². The third-order valence-corrected chi connectivity index (χ3v) is 6.03. The number of halogens is 1. The van der Waals surface area contributed by atoms with Crippen LogP contribution in [-0.2, 0) is 6.54 Å². The Morgan fingerprint density at radius 3 is 2.58 bits per heavy atom. The van der Waals surface area contributed by atoms with Crippen LogP contribution in [0.3, 0.4) is 0 Å². The van der Waals surface area contributed by atoms with E-state index >= 15 is 0 Å². The highest BCUT2D eigenvalue weighted by atomic mass is 35.5. The molecule has 0 saturated heterocycles. The number of H-pyrrole nitrogens is 1. The molecular formula is C25H20ClN3O4. The van der Waals surface area contributed by atoms with Crippen molar-refractivity contribution in [1.82, 2.24) is 15.1 Å². The van der Waals surface area contributed by atoms with Crippen LogP contribution in [0.25, 0.3) is 11.3 Å². The summed E-state index contributed by atoms with van der Waals surface area (Å²) in [6.45, 7) is 0.358. The van der Waals surface area contributed by atoms with Gasteiger partial charge in [0.2, 0.25) is 0 Å². The monoisotopic (exact) mass is 461 g/mol. The molecule has 0 aliphatic carbocycles. The first kappa shape index (κ1) is 20.9. The first-order valence-electron chi connectivity index (χ1n) is 10.3. The van der Waals surface area contributed by atoms with Crippen molar-refractivity contribution >= 4 is 17.5 Å². The number of nitrogens with one attached hydrogen (secondary N) is 1. The second kappa shape index (κ2) is 8.18. The average molecular weight is 462 g/mol. The van der Waals surface area contributed by atoms with Crippen molar-refractivity contribution in [2.24, 2.45) is 0 Å². The summed E-state index contributed by atoms with van der Waals surface area (Å²) < 4.78 is 5.31. The molecule has 0 radical (unpaired) electrons. The lowest BCUT2D eigenvalue weighted by atomic mass is 9.95. The fraction of sp³-hybridized carbons (Fsp3) is 0.120. The van der Waals surface area contributed by atoms with Gasteiger partial charge >= 0.3 is 0 Å². The minimum atomic E-state index is -0.533. The molecule has 0 spiro atoms. The lowest BCUT2D eigenvalue weighted by molar-refractivity contribution is 0.0730. The van der Waals surface area contributed by atoms with Crippen LogP contribution in [0, 0.1) is 0 Å². The minimum absolute atomic E-state index is 0.000286. The Balaban J connectivity index is 1.70. The number of aromatic hydroxyl groups is 2. The molecule has 166 valence electrons. The average Bonchev–Trinajstić information content (AvgIpc) is 3.36. The number of carbonyl (C=O) groups excluding carboxylic acids is 1. The van der Waals surface area contributed by atoms with Gasteiger partial charge in [-0.15, -0.1) is 0 Å². The largest absolute Gasteiger partial charge is 0.507 e. The number of hydrogen-bond acceptors (Lipinski definition) is 5. The summed E-state index contributed by atoms with van der Waals surface area (Å²) in [4.78, 5) is 15.2. The molecule has 5 rings (SSSR count). The van der Waals surface area contributed by atoms with E-state index in [0.717, 1.165) is 11.1 Å².